The Morgan fingerprint density at radius 3 is 2.83 bits per heavy atom. The maximum absolute atomic E-state index is 12.8. The average Bonchev–Trinajstić information content (AvgIpc) is 2.98. The van der Waals surface area contributed by atoms with E-state index in [1.165, 1.54) is 10.5 Å². The molecule has 2 heterocycles. The zero-order valence-electron chi connectivity index (χ0n) is 12.7. The molecule has 23 heavy (non-hydrogen) atoms. The van der Waals surface area contributed by atoms with Crippen molar-refractivity contribution in [3.8, 4) is 0 Å². The molecule has 0 amide bonds. The van der Waals surface area contributed by atoms with E-state index in [1.54, 1.807) is 23.5 Å². The number of thioether (sulfide) groups is 2. The van der Waals surface area contributed by atoms with Crippen molar-refractivity contribution in [3.05, 3.63) is 64.4 Å². The van der Waals surface area contributed by atoms with Crippen LogP contribution in [0.5, 0.6) is 0 Å². The van der Waals surface area contributed by atoms with Gasteiger partial charge in [-0.05, 0) is 31.2 Å². The maximum atomic E-state index is 12.8. The number of fused-ring (bicyclic) bond motifs is 2. The monoisotopic (exact) mass is 340 g/mol. The number of rotatable bonds is 3. The summed E-state index contributed by atoms with van der Waals surface area (Å²) in [5.74, 6) is 1.81. The molecular weight excluding hydrogens is 324 g/mol. The minimum atomic E-state index is 0.0881. The Morgan fingerprint density at radius 2 is 2.00 bits per heavy atom. The van der Waals surface area contributed by atoms with Crippen LogP contribution in [-0.2, 0) is 0 Å². The third-order valence-corrected chi connectivity index (χ3v) is 6.26. The van der Waals surface area contributed by atoms with Gasteiger partial charge in [-0.1, -0.05) is 41.6 Å². The van der Waals surface area contributed by atoms with E-state index in [4.69, 9.17) is 0 Å². The smallest absolute Gasteiger partial charge is 0.262 e. The van der Waals surface area contributed by atoms with Crippen molar-refractivity contribution < 1.29 is 0 Å². The number of benzene rings is 2. The summed E-state index contributed by atoms with van der Waals surface area (Å²) in [5.41, 5.74) is 2.15. The van der Waals surface area contributed by atoms with Crippen molar-refractivity contribution in [1.82, 2.24) is 9.55 Å². The van der Waals surface area contributed by atoms with E-state index in [1.807, 2.05) is 28.8 Å². The number of hydrogen-bond donors (Lipinski definition) is 0. The maximum Gasteiger partial charge on any atom is 0.262 e. The van der Waals surface area contributed by atoms with Gasteiger partial charge in [0.05, 0.1) is 16.9 Å². The Hall–Kier alpha value is -1.72. The summed E-state index contributed by atoms with van der Waals surface area (Å²) in [7, 11) is 0. The molecule has 1 atom stereocenters. The van der Waals surface area contributed by atoms with Crippen molar-refractivity contribution in [2.45, 2.75) is 23.0 Å². The zero-order valence-corrected chi connectivity index (χ0v) is 14.4. The largest absolute Gasteiger partial charge is 0.282 e. The van der Waals surface area contributed by atoms with Crippen molar-refractivity contribution >= 4 is 34.4 Å². The van der Waals surface area contributed by atoms with Crippen LogP contribution in [0.1, 0.15) is 11.6 Å². The minimum Gasteiger partial charge on any atom is -0.282 e. The zero-order chi connectivity index (χ0) is 15.8. The first-order valence-corrected chi connectivity index (χ1v) is 9.53. The molecule has 0 spiro atoms. The van der Waals surface area contributed by atoms with Gasteiger partial charge in [-0.3, -0.25) is 9.36 Å². The number of hydrogen-bond acceptors (Lipinski definition) is 4. The van der Waals surface area contributed by atoms with Gasteiger partial charge in [0.25, 0.3) is 5.56 Å². The van der Waals surface area contributed by atoms with E-state index in [9.17, 15) is 4.79 Å². The van der Waals surface area contributed by atoms with Gasteiger partial charge in [0.15, 0.2) is 5.16 Å². The average molecular weight is 340 g/mol. The number of aromatic nitrogens is 2. The summed E-state index contributed by atoms with van der Waals surface area (Å²) in [6.07, 6.45) is 0. The molecule has 3 nitrogen and oxygen atoms in total. The summed E-state index contributed by atoms with van der Waals surface area (Å²) in [5, 5.41) is 1.56. The van der Waals surface area contributed by atoms with Crippen LogP contribution >= 0.6 is 23.5 Å². The molecule has 3 aromatic rings. The normalized spacial score (nSPS) is 16.7. The highest BCUT2D eigenvalue weighted by Gasteiger charge is 2.26. The van der Waals surface area contributed by atoms with Gasteiger partial charge >= 0.3 is 0 Å². The van der Waals surface area contributed by atoms with Crippen LogP contribution in [0.3, 0.4) is 0 Å². The molecule has 1 unspecified atom stereocenters. The van der Waals surface area contributed by atoms with Gasteiger partial charge in [-0.25, -0.2) is 4.98 Å². The highest BCUT2D eigenvalue weighted by atomic mass is 32.2. The first kappa shape index (κ1) is 14.8. The van der Waals surface area contributed by atoms with E-state index in [-0.39, 0.29) is 11.6 Å². The van der Waals surface area contributed by atoms with Crippen LogP contribution in [-0.4, -0.2) is 21.1 Å². The lowest BCUT2D eigenvalue weighted by Gasteiger charge is -2.13. The molecule has 0 N–H and O–H groups in total. The molecule has 4 rings (SSSR count). The minimum absolute atomic E-state index is 0.0881. The van der Waals surface area contributed by atoms with Gasteiger partial charge < -0.3 is 0 Å². The Labute approximate surface area is 143 Å². The lowest BCUT2D eigenvalue weighted by atomic mass is 10.2. The fourth-order valence-electron chi connectivity index (χ4n) is 2.74. The predicted molar refractivity (Wildman–Crippen MR) is 97.7 cm³/mol. The Morgan fingerprint density at radius 1 is 1.22 bits per heavy atom. The standard InChI is InChI=1S/C18H16N2OS2/c1-12-6-8-14(9-7-12)22-10-13-11-23-18-19-16-5-3-2-4-15(16)17(21)20(13)18/h2-9,13H,10-11H2,1H3. The van der Waals surface area contributed by atoms with Gasteiger partial charge in [-0.15, -0.1) is 11.8 Å². The molecule has 5 heteroatoms. The van der Waals surface area contributed by atoms with E-state index in [2.05, 4.69) is 36.2 Å². The molecule has 2 aromatic carbocycles. The highest BCUT2D eigenvalue weighted by Crippen LogP contribution is 2.34. The fraction of sp³-hybridized carbons (Fsp3) is 0.222. The first-order valence-electron chi connectivity index (χ1n) is 7.56. The molecule has 1 aliphatic rings. The number of nitrogens with zero attached hydrogens (tertiary/aromatic N) is 2. The van der Waals surface area contributed by atoms with Crippen molar-refractivity contribution in [2.24, 2.45) is 0 Å². The third kappa shape index (κ3) is 2.79. The summed E-state index contributed by atoms with van der Waals surface area (Å²) in [6, 6.07) is 16.3. The fourth-order valence-corrected chi connectivity index (χ4v) is 5.02. The van der Waals surface area contributed by atoms with Gasteiger partial charge in [-0.2, -0.15) is 0 Å². The van der Waals surface area contributed by atoms with Crippen LogP contribution < -0.4 is 5.56 Å². The second kappa shape index (κ2) is 6.06. The molecule has 0 saturated carbocycles. The van der Waals surface area contributed by atoms with Crippen molar-refractivity contribution in [2.75, 3.05) is 11.5 Å². The van der Waals surface area contributed by atoms with Crippen molar-refractivity contribution in [1.29, 1.82) is 0 Å². The second-order valence-corrected chi connectivity index (χ2v) is 7.76. The predicted octanol–water partition coefficient (Wildman–Crippen LogP) is 4.14. The van der Waals surface area contributed by atoms with Crippen LogP contribution in [0, 0.1) is 6.92 Å². The Bertz CT molecular complexity index is 918. The van der Waals surface area contributed by atoms with Gasteiger partial charge in [0.2, 0.25) is 0 Å². The SMILES string of the molecule is Cc1ccc(SCC2CSc3nc4ccccc4c(=O)n32)cc1. The van der Waals surface area contributed by atoms with E-state index in [0.717, 1.165) is 22.2 Å². The first-order chi connectivity index (χ1) is 11.2. The lowest BCUT2D eigenvalue weighted by molar-refractivity contribution is 0.558. The Kier molecular flexibility index (Phi) is 3.91. The van der Waals surface area contributed by atoms with Crippen LogP contribution in [0.25, 0.3) is 10.9 Å². The summed E-state index contributed by atoms with van der Waals surface area (Å²) < 4.78 is 1.88. The molecule has 0 saturated heterocycles. The molecule has 0 bridgehead atoms. The third-order valence-electron chi connectivity index (χ3n) is 4.01. The number of para-hydroxylation sites is 1. The van der Waals surface area contributed by atoms with Crippen LogP contribution in [0.15, 0.2) is 63.4 Å². The van der Waals surface area contributed by atoms with Gasteiger partial charge in [0, 0.05) is 16.4 Å². The molecule has 0 radical (unpaired) electrons. The molecule has 1 aromatic heterocycles. The summed E-state index contributed by atoms with van der Waals surface area (Å²) >= 11 is 3.48. The van der Waals surface area contributed by atoms with Gasteiger partial charge in [0.1, 0.15) is 0 Å². The van der Waals surface area contributed by atoms with E-state index in [0.29, 0.717) is 5.39 Å². The molecule has 116 valence electrons. The summed E-state index contributed by atoms with van der Waals surface area (Å²) in [4.78, 5) is 18.7. The molecule has 0 aliphatic carbocycles. The van der Waals surface area contributed by atoms with Crippen molar-refractivity contribution in [3.63, 3.8) is 0 Å². The number of aryl methyl sites for hydroxylation is 1. The molecule has 0 fully saturated rings. The Balaban J connectivity index is 1.63. The molecule has 1 aliphatic heterocycles. The van der Waals surface area contributed by atoms with Crippen LogP contribution in [0.4, 0.5) is 0 Å². The van der Waals surface area contributed by atoms with E-state index >= 15 is 0 Å². The lowest BCUT2D eigenvalue weighted by Crippen LogP contribution is -2.25. The quantitative estimate of drug-likeness (QED) is 0.530. The summed E-state index contributed by atoms with van der Waals surface area (Å²) in [6.45, 7) is 2.09. The second-order valence-electron chi connectivity index (χ2n) is 5.68. The molecular formula is C18H16N2OS2. The van der Waals surface area contributed by atoms with Crippen LogP contribution in [0.2, 0.25) is 0 Å². The topological polar surface area (TPSA) is 34.9 Å². The highest BCUT2D eigenvalue weighted by molar-refractivity contribution is 8.00. The van der Waals surface area contributed by atoms with E-state index < -0.39 is 0 Å².